The molecule has 7 heteroatoms. The standard InChI is InChI=1S/C13H13N3O4/c17-11-10(6-14-12(18)16-11)7-15-13(19)20-8-9-4-2-1-3-5-9/h1-6H,7-8H2,(H,15,19)(H2,14,16,17,18). The first kappa shape index (κ1) is 13.6. The molecule has 0 aliphatic heterocycles. The average molecular weight is 275 g/mol. The van der Waals surface area contributed by atoms with Gasteiger partial charge in [-0.05, 0) is 5.56 Å². The van der Waals surface area contributed by atoms with Crippen LogP contribution in [0.1, 0.15) is 11.1 Å². The zero-order valence-corrected chi connectivity index (χ0v) is 10.5. The van der Waals surface area contributed by atoms with Crippen molar-refractivity contribution in [3.8, 4) is 0 Å². The summed E-state index contributed by atoms with van der Waals surface area (Å²) in [7, 11) is 0. The van der Waals surface area contributed by atoms with E-state index in [4.69, 9.17) is 4.74 Å². The third-order valence-electron chi connectivity index (χ3n) is 2.53. The van der Waals surface area contributed by atoms with Gasteiger partial charge in [-0.2, -0.15) is 0 Å². The highest BCUT2D eigenvalue weighted by Gasteiger charge is 2.05. The van der Waals surface area contributed by atoms with Gasteiger partial charge in [0, 0.05) is 6.20 Å². The van der Waals surface area contributed by atoms with Crippen LogP contribution in [-0.4, -0.2) is 16.1 Å². The molecule has 2 rings (SSSR count). The number of aromatic nitrogens is 2. The molecule has 0 spiro atoms. The number of aromatic amines is 2. The molecule has 0 aliphatic carbocycles. The molecule has 0 atom stereocenters. The fraction of sp³-hybridized carbons (Fsp3) is 0.154. The van der Waals surface area contributed by atoms with Crippen molar-refractivity contribution >= 4 is 6.09 Å². The lowest BCUT2D eigenvalue weighted by Crippen LogP contribution is -2.30. The summed E-state index contributed by atoms with van der Waals surface area (Å²) >= 11 is 0. The van der Waals surface area contributed by atoms with Crippen molar-refractivity contribution in [2.45, 2.75) is 13.2 Å². The highest BCUT2D eigenvalue weighted by atomic mass is 16.5. The monoisotopic (exact) mass is 275 g/mol. The molecule has 3 N–H and O–H groups in total. The Labute approximate surface area is 113 Å². The first-order valence-electron chi connectivity index (χ1n) is 5.90. The number of hydrogen-bond acceptors (Lipinski definition) is 4. The number of carbonyl (C=O) groups is 1. The lowest BCUT2D eigenvalue weighted by atomic mass is 10.2. The van der Waals surface area contributed by atoms with Gasteiger partial charge in [-0.3, -0.25) is 9.78 Å². The topological polar surface area (TPSA) is 104 Å². The van der Waals surface area contributed by atoms with Crippen LogP contribution in [0, 0.1) is 0 Å². The molecule has 1 amide bonds. The van der Waals surface area contributed by atoms with Crippen molar-refractivity contribution in [2.24, 2.45) is 0 Å². The number of ether oxygens (including phenoxy) is 1. The van der Waals surface area contributed by atoms with Crippen LogP contribution in [0.15, 0.2) is 46.1 Å². The Kier molecular flexibility index (Phi) is 4.33. The van der Waals surface area contributed by atoms with Gasteiger partial charge in [-0.15, -0.1) is 0 Å². The van der Waals surface area contributed by atoms with Crippen LogP contribution in [-0.2, 0) is 17.9 Å². The molecule has 0 aliphatic rings. The fourth-order valence-corrected chi connectivity index (χ4v) is 1.51. The molecule has 20 heavy (non-hydrogen) atoms. The third kappa shape index (κ3) is 3.84. The number of H-pyrrole nitrogens is 2. The Morgan fingerprint density at radius 2 is 1.95 bits per heavy atom. The average Bonchev–Trinajstić information content (AvgIpc) is 2.45. The molecule has 1 aromatic heterocycles. The van der Waals surface area contributed by atoms with E-state index in [0.29, 0.717) is 0 Å². The van der Waals surface area contributed by atoms with E-state index in [-0.39, 0.29) is 18.7 Å². The van der Waals surface area contributed by atoms with E-state index in [2.05, 4.69) is 15.3 Å². The minimum absolute atomic E-state index is 0.0280. The van der Waals surface area contributed by atoms with Gasteiger partial charge in [-0.25, -0.2) is 9.59 Å². The summed E-state index contributed by atoms with van der Waals surface area (Å²) in [5, 5.41) is 2.43. The number of carbonyl (C=O) groups excluding carboxylic acids is 1. The number of nitrogens with one attached hydrogen (secondary N) is 3. The van der Waals surface area contributed by atoms with Gasteiger partial charge in [0.25, 0.3) is 5.56 Å². The Balaban J connectivity index is 1.83. The van der Waals surface area contributed by atoms with Crippen molar-refractivity contribution in [3.05, 3.63) is 68.5 Å². The molecule has 1 aromatic carbocycles. The van der Waals surface area contributed by atoms with E-state index in [1.807, 2.05) is 30.3 Å². The van der Waals surface area contributed by atoms with E-state index >= 15 is 0 Å². The molecule has 1 heterocycles. The van der Waals surface area contributed by atoms with Crippen molar-refractivity contribution in [3.63, 3.8) is 0 Å². The van der Waals surface area contributed by atoms with Gasteiger partial charge < -0.3 is 15.0 Å². The Bertz CT molecular complexity index is 691. The molecule has 7 nitrogen and oxygen atoms in total. The summed E-state index contributed by atoms with van der Waals surface area (Å²) < 4.78 is 4.98. The van der Waals surface area contributed by atoms with E-state index in [9.17, 15) is 14.4 Å². The maximum Gasteiger partial charge on any atom is 0.407 e. The summed E-state index contributed by atoms with van der Waals surface area (Å²) in [6.07, 6.45) is 0.609. The Morgan fingerprint density at radius 3 is 2.65 bits per heavy atom. The summed E-state index contributed by atoms with van der Waals surface area (Å²) in [4.78, 5) is 38.0. The van der Waals surface area contributed by atoms with Gasteiger partial charge in [-0.1, -0.05) is 30.3 Å². The van der Waals surface area contributed by atoms with E-state index in [0.717, 1.165) is 5.56 Å². The summed E-state index contributed by atoms with van der Waals surface area (Å²) in [5.74, 6) is 0. The quantitative estimate of drug-likeness (QED) is 0.755. The minimum Gasteiger partial charge on any atom is -0.445 e. The van der Waals surface area contributed by atoms with Crippen molar-refractivity contribution in [2.75, 3.05) is 0 Å². The van der Waals surface area contributed by atoms with Crippen LogP contribution in [0.25, 0.3) is 0 Å². The number of benzene rings is 1. The number of hydrogen-bond donors (Lipinski definition) is 3. The van der Waals surface area contributed by atoms with Gasteiger partial charge in [0.05, 0.1) is 12.1 Å². The van der Waals surface area contributed by atoms with Crippen LogP contribution >= 0.6 is 0 Å². The van der Waals surface area contributed by atoms with Crippen molar-refractivity contribution < 1.29 is 9.53 Å². The van der Waals surface area contributed by atoms with Crippen LogP contribution in [0.2, 0.25) is 0 Å². The van der Waals surface area contributed by atoms with Gasteiger partial charge in [0.2, 0.25) is 0 Å². The van der Waals surface area contributed by atoms with Gasteiger partial charge in [0.1, 0.15) is 6.61 Å². The number of alkyl carbamates (subject to hydrolysis) is 1. The van der Waals surface area contributed by atoms with Gasteiger partial charge in [0.15, 0.2) is 0 Å². The Morgan fingerprint density at radius 1 is 1.20 bits per heavy atom. The SMILES string of the molecule is O=C(NCc1c[nH]c(=O)[nH]c1=O)OCc1ccccc1. The lowest BCUT2D eigenvalue weighted by molar-refractivity contribution is 0.139. The van der Waals surface area contributed by atoms with Crippen LogP contribution in [0.4, 0.5) is 4.79 Å². The molecule has 104 valence electrons. The molecule has 0 fully saturated rings. The second-order valence-electron chi connectivity index (χ2n) is 4.01. The molecule has 0 saturated heterocycles. The maximum absolute atomic E-state index is 11.5. The Hall–Kier alpha value is -2.83. The van der Waals surface area contributed by atoms with Crippen LogP contribution < -0.4 is 16.6 Å². The molecule has 0 saturated carbocycles. The molecule has 0 bridgehead atoms. The van der Waals surface area contributed by atoms with Crippen molar-refractivity contribution in [1.29, 1.82) is 0 Å². The molecular weight excluding hydrogens is 262 g/mol. The zero-order chi connectivity index (χ0) is 14.4. The second-order valence-corrected chi connectivity index (χ2v) is 4.01. The summed E-state index contributed by atoms with van der Waals surface area (Å²) in [5.41, 5.74) is -0.0340. The highest BCUT2D eigenvalue weighted by molar-refractivity contribution is 5.67. The highest BCUT2D eigenvalue weighted by Crippen LogP contribution is 2.00. The second kappa shape index (κ2) is 6.37. The minimum atomic E-state index is -0.639. The zero-order valence-electron chi connectivity index (χ0n) is 10.5. The van der Waals surface area contributed by atoms with Crippen molar-refractivity contribution in [1.82, 2.24) is 15.3 Å². The van der Waals surface area contributed by atoms with Crippen LogP contribution in [0.3, 0.4) is 0 Å². The largest absolute Gasteiger partial charge is 0.445 e. The first-order chi connectivity index (χ1) is 9.65. The summed E-state index contributed by atoms with van der Waals surface area (Å²) in [6, 6.07) is 9.22. The maximum atomic E-state index is 11.5. The molecule has 0 radical (unpaired) electrons. The molecular formula is C13H13N3O4. The van der Waals surface area contributed by atoms with E-state index < -0.39 is 17.3 Å². The predicted molar refractivity (Wildman–Crippen MR) is 71.2 cm³/mol. The third-order valence-corrected chi connectivity index (χ3v) is 2.53. The lowest BCUT2D eigenvalue weighted by Gasteiger charge is -2.06. The summed E-state index contributed by atoms with van der Waals surface area (Å²) in [6.45, 7) is 0.119. The number of amides is 1. The number of rotatable bonds is 4. The van der Waals surface area contributed by atoms with E-state index in [1.54, 1.807) is 0 Å². The first-order valence-corrected chi connectivity index (χ1v) is 5.90. The smallest absolute Gasteiger partial charge is 0.407 e. The van der Waals surface area contributed by atoms with E-state index in [1.165, 1.54) is 6.20 Å². The fourth-order valence-electron chi connectivity index (χ4n) is 1.51. The molecule has 2 aromatic rings. The van der Waals surface area contributed by atoms with Gasteiger partial charge >= 0.3 is 11.8 Å². The molecule has 0 unspecified atom stereocenters. The van der Waals surface area contributed by atoms with Crippen LogP contribution in [0.5, 0.6) is 0 Å². The predicted octanol–water partition coefficient (Wildman–Crippen LogP) is 0.490. The normalized spacial score (nSPS) is 10.0.